The summed E-state index contributed by atoms with van der Waals surface area (Å²) >= 11 is 0. The second-order valence-electron chi connectivity index (χ2n) is 9.05. The lowest BCUT2D eigenvalue weighted by Crippen LogP contribution is -2.52. The number of amides is 2. The quantitative estimate of drug-likeness (QED) is 0.337. The average molecular weight is 552 g/mol. The summed E-state index contributed by atoms with van der Waals surface area (Å²) in [5, 5.41) is 2.81. The second kappa shape index (κ2) is 13.8. The van der Waals surface area contributed by atoms with Gasteiger partial charge in [-0.3, -0.25) is 13.9 Å². The van der Waals surface area contributed by atoms with Gasteiger partial charge in [-0.1, -0.05) is 67.1 Å². The van der Waals surface area contributed by atoms with Crippen molar-refractivity contribution in [3.8, 4) is 5.75 Å². The van der Waals surface area contributed by atoms with Crippen LogP contribution in [0.4, 0.5) is 5.69 Å². The molecule has 0 unspecified atom stereocenters. The number of benzene rings is 3. The molecule has 0 saturated heterocycles. The topological polar surface area (TPSA) is 96.0 Å². The smallest absolute Gasteiger partial charge is 0.264 e. The number of likely N-dealkylation sites (N-methyl/N-ethyl adjacent to an activating group) is 1. The summed E-state index contributed by atoms with van der Waals surface area (Å²) in [6, 6.07) is 21.6. The molecule has 0 bridgehead atoms. The van der Waals surface area contributed by atoms with Gasteiger partial charge in [-0.15, -0.1) is 0 Å². The lowest BCUT2D eigenvalue weighted by molar-refractivity contribution is -0.140. The summed E-state index contributed by atoms with van der Waals surface area (Å²) in [7, 11) is -4.16. The maximum Gasteiger partial charge on any atom is 0.264 e. The molecule has 208 valence electrons. The van der Waals surface area contributed by atoms with Crippen molar-refractivity contribution in [2.24, 2.45) is 0 Å². The minimum absolute atomic E-state index is 0.0463. The number of carbonyl (C=O) groups excluding carboxylic acids is 2. The Labute approximate surface area is 231 Å². The van der Waals surface area contributed by atoms with Crippen LogP contribution in [0.15, 0.2) is 83.8 Å². The SMILES string of the molecule is CCNC(=O)[C@H](CC)N(Cc1ccc(C)cc1)C(=O)CN(c1ccccc1OCC)S(=O)(=O)c1ccccc1. The number of rotatable bonds is 13. The number of sulfonamides is 1. The predicted octanol–water partition coefficient (Wildman–Crippen LogP) is 4.53. The van der Waals surface area contributed by atoms with E-state index in [1.807, 2.05) is 45.0 Å². The van der Waals surface area contributed by atoms with Crippen LogP contribution in [0, 0.1) is 6.92 Å². The van der Waals surface area contributed by atoms with E-state index in [2.05, 4.69) is 5.32 Å². The van der Waals surface area contributed by atoms with E-state index < -0.39 is 28.5 Å². The number of hydrogen-bond acceptors (Lipinski definition) is 5. The van der Waals surface area contributed by atoms with E-state index in [4.69, 9.17) is 4.74 Å². The highest BCUT2D eigenvalue weighted by atomic mass is 32.2. The molecule has 8 nitrogen and oxygen atoms in total. The molecular formula is C30H37N3O5S. The van der Waals surface area contributed by atoms with E-state index in [0.29, 0.717) is 25.3 Å². The van der Waals surface area contributed by atoms with Crippen molar-refractivity contribution in [3.63, 3.8) is 0 Å². The first-order valence-corrected chi connectivity index (χ1v) is 14.6. The summed E-state index contributed by atoms with van der Waals surface area (Å²) in [6.45, 7) is 7.80. The van der Waals surface area contributed by atoms with Crippen molar-refractivity contribution < 1.29 is 22.7 Å². The Morgan fingerprint density at radius 3 is 2.15 bits per heavy atom. The van der Waals surface area contributed by atoms with Gasteiger partial charge in [-0.05, 0) is 57.0 Å². The minimum atomic E-state index is -4.16. The van der Waals surface area contributed by atoms with Crippen molar-refractivity contribution in [2.75, 3.05) is 24.0 Å². The maximum absolute atomic E-state index is 14.1. The lowest BCUT2D eigenvalue weighted by Gasteiger charge is -2.33. The maximum atomic E-state index is 14.1. The van der Waals surface area contributed by atoms with Crippen LogP contribution in [0.3, 0.4) is 0 Å². The van der Waals surface area contributed by atoms with Crippen molar-refractivity contribution in [1.82, 2.24) is 10.2 Å². The number of aryl methyl sites for hydroxylation is 1. The minimum Gasteiger partial charge on any atom is -0.492 e. The highest BCUT2D eigenvalue weighted by Crippen LogP contribution is 2.33. The van der Waals surface area contributed by atoms with Crippen LogP contribution in [0.2, 0.25) is 0 Å². The Balaban J connectivity index is 2.09. The van der Waals surface area contributed by atoms with Crippen LogP contribution in [0.1, 0.15) is 38.3 Å². The summed E-state index contributed by atoms with van der Waals surface area (Å²) in [6.07, 6.45) is 0.365. The standard InChI is InChI=1S/C30H37N3O5S/c1-5-26(30(35)31-6-2)32(21-24-19-17-23(4)18-20-24)29(34)22-33(27-15-11-12-16-28(27)38-7-3)39(36,37)25-13-9-8-10-14-25/h8-20,26H,5-7,21-22H2,1-4H3,(H,31,35)/t26-/m0/s1. The third-order valence-corrected chi connectivity index (χ3v) is 8.03. The van der Waals surface area contributed by atoms with Gasteiger partial charge in [0, 0.05) is 13.1 Å². The molecule has 3 aromatic rings. The van der Waals surface area contributed by atoms with E-state index in [1.165, 1.54) is 17.0 Å². The molecule has 0 fully saturated rings. The number of anilines is 1. The molecule has 9 heteroatoms. The van der Waals surface area contributed by atoms with E-state index in [1.54, 1.807) is 49.4 Å². The Hall–Kier alpha value is -3.85. The Kier molecular flexibility index (Phi) is 10.5. The van der Waals surface area contributed by atoms with Crippen molar-refractivity contribution in [1.29, 1.82) is 0 Å². The van der Waals surface area contributed by atoms with Crippen LogP contribution in [-0.4, -0.2) is 50.9 Å². The van der Waals surface area contributed by atoms with Gasteiger partial charge in [-0.25, -0.2) is 8.42 Å². The monoisotopic (exact) mass is 551 g/mol. The van der Waals surface area contributed by atoms with Crippen LogP contribution in [0.25, 0.3) is 0 Å². The number of hydrogen-bond donors (Lipinski definition) is 1. The van der Waals surface area contributed by atoms with Gasteiger partial charge in [0.15, 0.2) is 0 Å². The molecular weight excluding hydrogens is 514 g/mol. The number of nitrogens with one attached hydrogen (secondary N) is 1. The van der Waals surface area contributed by atoms with E-state index in [9.17, 15) is 18.0 Å². The highest BCUT2D eigenvalue weighted by Gasteiger charge is 2.34. The number of nitrogens with zero attached hydrogens (tertiary/aromatic N) is 2. The normalized spacial score (nSPS) is 11.9. The fourth-order valence-electron chi connectivity index (χ4n) is 4.28. The van der Waals surface area contributed by atoms with Gasteiger partial charge in [0.05, 0.1) is 17.2 Å². The average Bonchev–Trinajstić information content (AvgIpc) is 2.94. The molecule has 2 amide bonds. The van der Waals surface area contributed by atoms with Crippen molar-refractivity contribution in [2.45, 2.75) is 51.6 Å². The molecule has 3 rings (SSSR count). The predicted molar refractivity (Wildman–Crippen MR) is 153 cm³/mol. The molecule has 0 aliphatic heterocycles. The molecule has 1 N–H and O–H groups in total. The number of ether oxygens (including phenoxy) is 1. The molecule has 0 radical (unpaired) electrons. The molecule has 1 atom stereocenters. The Morgan fingerprint density at radius 1 is 0.897 bits per heavy atom. The first-order chi connectivity index (χ1) is 18.7. The fourth-order valence-corrected chi connectivity index (χ4v) is 5.72. The van der Waals surface area contributed by atoms with Crippen LogP contribution >= 0.6 is 0 Å². The van der Waals surface area contributed by atoms with Crippen molar-refractivity contribution in [3.05, 3.63) is 90.0 Å². The molecule has 0 heterocycles. The molecule has 0 aromatic heterocycles. The van der Waals surface area contributed by atoms with E-state index in [0.717, 1.165) is 15.4 Å². The van der Waals surface area contributed by atoms with Crippen LogP contribution in [-0.2, 0) is 26.2 Å². The zero-order valence-electron chi connectivity index (χ0n) is 23.0. The summed E-state index contributed by atoms with van der Waals surface area (Å²) < 4.78 is 34.7. The van der Waals surface area contributed by atoms with Gasteiger partial charge < -0.3 is 15.0 Å². The summed E-state index contributed by atoms with van der Waals surface area (Å²) in [4.78, 5) is 28.6. The zero-order valence-corrected chi connectivity index (χ0v) is 23.8. The molecule has 0 aliphatic carbocycles. The number of carbonyl (C=O) groups is 2. The van der Waals surface area contributed by atoms with Gasteiger partial charge in [-0.2, -0.15) is 0 Å². The van der Waals surface area contributed by atoms with Gasteiger partial charge in [0.1, 0.15) is 18.3 Å². The summed E-state index contributed by atoms with van der Waals surface area (Å²) in [5.41, 5.74) is 2.15. The first-order valence-electron chi connectivity index (χ1n) is 13.1. The van der Waals surface area contributed by atoms with Gasteiger partial charge in [0.25, 0.3) is 10.0 Å². The van der Waals surface area contributed by atoms with Crippen molar-refractivity contribution >= 4 is 27.5 Å². The fraction of sp³-hybridized carbons (Fsp3) is 0.333. The second-order valence-corrected chi connectivity index (χ2v) is 10.9. The van der Waals surface area contributed by atoms with E-state index >= 15 is 0 Å². The van der Waals surface area contributed by atoms with Gasteiger partial charge >= 0.3 is 0 Å². The zero-order chi connectivity index (χ0) is 28.4. The summed E-state index contributed by atoms with van der Waals surface area (Å²) in [5.74, 6) is -0.444. The molecule has 0 aliphatic rings. The van der Waals surface area contributed by atoms with Crippen LogP contribution < -0.4 is 14.4 Å². The Morgan fingerprint density at radius 2 is 1.54 bits per heavy atom. The number of para-hydroxylation sites is 2. The molecule has 3 aromatic carbocycles. The highest BCUT2D eigenvalue weighted by molar-refractivity contribution is 7.92. The Bertz CT molecular complexity index is 1340. The van der Waals surface area contributed by atoms with Gasteiger partial charge in [0.2, 0.25) is 11.8 Å². The molecule has 0 spiro atoms. The third kappa shape index (κ3) is 7.38. The van der Waals surface area contributed by atoms with Crippen LogP contribution in [0.5, 0.6) is 5.75 Å². The largest absolute Gasteiger partial charge is 0.492 e. The third-order valence-electron chi connectivity index (χ3n) is 6.25. The lowest BCUT2D eigenvalue weighted by atomic mass is 10.1. The first kappa shape index (κ1) is 29.7. The molecule has 39 heavy (non-hydrogen) atoms. The molecule has 0 saturated carbocycles. The van der Waals surface area contributed by atoms with E-state index in [-0.39, 0.29) is 23.0 Å².